The number of aliphatic hydroxyl groups is 1. The van der Waals surface area contributed by atoms with E-state index in [1.54, 1.807) is 16.6 Å². The lowest BCUT2D eigenvalue weighted by Gasteiger charge is -2.47. The fraction of sp³-hybridized carbons (Fsp3) is 0.312. The third-order valence-corrected chi connectivity index (χ3v) is 4.31. The van der Waals surface area contributed by atoms with Crippen LogP contribution in [-0.2, 0) is 0 Å². The number of fused-ring (bicyclic) bond motifs is 1. The average molecular weight is 313 g/mol. The number of rotatable bonds is 3. The first-order valence-electron chi connectivity index (χ1n) is 7.55. The summed E-state index contributed by atoms with van der Waals surface area (Å²) < 4.78 is 14.8. The molecule has 0 bridgehead atoms. The Bertz CT molecular complexity index is 847. The van der Waals surface area contributed by atoms with Crippen molar-refractivity contribution in [3.05, 3.63) is 42.2 Å². The van der Waals surface area contributed by atoms with E-state index in [0.717, 1.165) is 17.8 Å². The van der Waals surface area contributed by atoms with Crippen LogP contribution in [0.15, 0.2) is 36.4 Å². The number of hydrogen-bond acceptors (Lipinski definition) is 5. The summed E-state index contributed by atoms with van der Waals surface area (Å²) in [6.07, 6.45) is 0.948. The second-order valence-corrected chi connectivity index (χ2v) is 5.82. The number of benzene rings is 1. The van der Waals surface area contributed by atoms with Gasteiger partial charge in [0.05, 0.1) is 12.6 Å². The van der Waals surface area contributed by atoms with E-state index in [1.165, 1.54) is 12.1 Å². The summed E-state index contributed by atoms with van der Waals surface area (Å²) in [6, 6.07) is 10.3. The van der Waals surface area contributed by atoms with E-state index in [9.17, 15) is 9.50 Å². The lowest BCUT2D eigenvalue weighted by Crippen LogP contribution is -2.56. The average Bonchev–Trinajstić information content (AvgIpc) is 2.96. The molecule has 23 heavy (non-hydrogen) atoms. The number of halogens is 1. The maximum Gasteiger partial charge on any atom is 0.185 e. The van der Waals surface area contributed by atoms with Crippen LogP contribution >= 0.6 is 0 Å². The summed E-state index contributed by atoms with van der Waals surface area (Å²) in [5.41, 5.74) is 1.38. The first-order valence-corrected chi connectivity index (χ1v) is 7.55. The number of aliphatic hydroxyl groups excluding tert-OH is 1. The van der Waals surface area contributed by atoms with E-state index >= 15 is 0 Å². The molecule has 0 spiro atoms. The molecule has 118 valence electrons. The van der Waals surface area contributed by atoms with Gasteiger partial charge in [-0.1, -0.05) is 0 Å². The van der Waals surface area contributed by atoms with E-state index in [0.29, 0.717) is 17.5 Å². The van der Waals surface area contributed by atoms with Gasteiger partial charge < -0.3 is 10.0 Å². The van der Waals surface area contributed by atoms with Crippen molar-refractivity contribution in [2.45, 2.75) is 25.4 Å². The second kappa shape index (κ2) is 5.27. The van der Waals surface area contributed by atoms with E-state index < -0.39 is 0 Å². The predicted octanol–water partition coefficient (Wildman–Crippen LogP) is 1.89. The molecule has 1 aliphatic heterocycles. The zero-order valence-corrected chi connectivity index (χ0v) is 12.6. The molecule has 2 atom stereocenters. The van der Waals surface area contributed by atoms with Gasteiger partial charge in [-0.2, -0.15) is 4.52 Å². The minimum absolute atomic E-state index is 0.0979. The Morgan fingerprint density at radius 2 is 1.96 bits per heavy atom. The fourth-order valence-corrected chi connectivity index (χ4v) is 3.11. The van der Waals surface area contributed by atoms with Crippen molar-refractivity contribution in [1.29, 1.82) is 0 Å². The summed E-state index contributed by atoms with van der Waals surface area (Å²) in [7, 11) is 0. The second-order valence-electron chi connectivity index (χ2n) is 5.82. The minimum Gasteiger partial charge on any atom is -0.394 e. The first-order chi connectivity index (χ1) is 11.2. The molecule has 0 saturated carbocycles. The van der Waals surface area contributed by atoms with Crippen LogP contribution in [0.25, 0.3) is 17.0 Å². The zero-order chi connectivity index (χ0) is 16.0. The van der Waals surface area contributed by atoms with Gasteiger partial charge in [0.15, 0.2) is 11.5 Å². The molecular formula is C16H16FN5O. The van der Waals surface area contributed by atoms with Crippen molar-refractivity contribution >= 4 is 11.5 Å². The Hall–Kier alpha value is -2.54. The van der Waals surface area contributed by atoms with Gasteiger partial charge in [0.25, 0.3) is 0 Å². The van der Waals surface area contributed by atoms with Crippen LogP contribution in [0.2, 0.25) is 0 Å². The van der Waals surface area contributed by atoms with Crippen molar-refractivity contribution in [2.75, 3.05) is 11.5 Å². The monoisotopic (exact) mass is 313 g/mol. The van der Waals surface area contributed by atoms with Gasteiger partial charge in [0.2, 0.25) is 0 Å². The summed E-state index contributed by atoms with van der Waals surface area (Å²) >= 11 is 0. The molecule has 1 fully saturated rings. The molecule has 2 aromatic heterocycles. The van der Waals surface area contributed by atoms with E-state index in [2.05, 4.69) is 27.1 Å². The van der Waals surface area contributed by atoms with Crippen LogP contribution in [0.3, 0.4) is 0 Å². The van der Waals surface area contributed by atoms with Crippen LogP contribution in [0, 0.1) is 5.82 Å². The Morgan fingerprint density at radius 3 is 2.65 bits per heavy atom. The molecule has 0 amide bonds. The highest BCUT2D eigenvalue weighted by molar-refractivity contribution is 5.60. The maximum absolute atomic E-state index is 13.1. The van der Waals surface area contributed by atoms with Crippen LogP contribution < -0.4 is 4.90 Å². The Morgan fingerprint density at radius 1 is 1.17 bits per heavy atom. The highest BCUT2D eigenvalue weighted by Crippen LogP contribution is 2.31. The number of aromatic nitrogens is 4. The SMILES string of the molecule is CC1CC(CO)N1c1ccc2nnc(-c3ccc(F)cc3)n2n1. The number of hydrogen-bond donors (Lipinski definition) is 1. The van der Waals surface area contributed by atoms with Crippen molar-refractivity contribution in [2.24, 2.45) is 0 Å². The van der Waals surface area contributed by atoms with Crippen molar-refractivity contribution in [1.82, 2.24) is 19.8 Å². The summed E-state index contributed by atoms with van der Waals surface area (Å²) in [6.45, 7) is 2.21. The molecular weight excluding hydrogens is 297 g/mol. The molecule has 3 aromatic rings. The highest BCUT2D eigenvalue weighted by Gasteiger charge is 2.35. The van der Waals surface area contributed by atoms with E-state index in [1.807, 2.05) is 12.1 Å². The molecule has 1 aliphatic rings. The summed E-state index contributed by atoms with van der Waals surface area (Å²) in [4.78, 5) is 2.09. The molecule has 6 nitrogen and oxygen atoms in total. The third kappa shape index (κ3) is 2.24. The van der Waals surface area contributed by atoms with Crippen molar-refractivity contribution < 1.29 is 9.50 Å². The third-order valence-electron chi connectivity index (χ3n) is 4.31. The molecule has 7 heteroatoms. The summed E-state index contributed by atoms with van der Waals surface area (Å²) in [5.74, 6) is 1.05. The molecule has 0 aliphatic carbocycles. The van der Waals surface area contributed by atoms with Gasteiger partial charge in [-0.25, -0.2) is 4.39 Å². The Kier molecular flexibility index (Phi) is 3.23. The maximum atomic E-state index is 13.1. The topological polar surface area (TPSA) is 66.5 Å². The molecule has 0 radical (unpaired) electrons. The molecule has 1 N–H and O–H groups in total. The van der Waals surface area contributed by atoms with Gasteiger partial charge in [-0.3, -0.25) is 0 Å². The number of anilines is 1. The molecule has 2 unspecified atom stereocenters. The van der Waals surface area contributed by atoms with Gasteiger partial charge >= 0.3 is 0 Å². The highest BCUT2D eigenvalue weighted by atomic mass is 19.1. The van der Waals surface area contributed by atoms with Gasteiger partial charge in [0.1, 0.15) is 11.6 Å². The van der Waals surface area contributed by atoms with Gasteiger partial charge in [0, 0.05) is 11.6 Å². The Labute approximate surface area is 132 Å². The Balaban J connectivity index is 1.79. The first kappa shape index (κ1) is 14.1. The zero-order valence-electron chi connectivity index (χ0n) is 12.6. The van der Waals surface area contributed by atoms with E-state index in [-0.39, 0.29) is 18.5 Å². The molecule has 1 aromatic carbocycles. The molecule has 3 heterocycles. The van der Waals surface area contributed by atoms with Crippen molar-refractivity contribution in [3.8, 4) is 11.4 Å². The van der Waals surface area contributed by atoms with Crippen LogP contribution in [0.5, 0.6) is 0 Å². The largest absolute Gasteiger partial charge is 0.394 e. The predicted molar refractivity (Wildman–Crippen MR) is 83.6 cm³/mol. The fourth-order valence-electron chi connectivity index (χ4n) is 3.11. The van der Waals surface area contributed by atoms with Crippen molar-refractivity contribution in [3.63, 3.8) is 0 Å². The minimum atomic E-state index is -0.295. The van der Waals surface area contributed by atoms with Crippen LogP contribution in [0.4, 0.5) is 10.2 Å². The number of nitrogens with zero attached hydrogens (tertiary/aromatic N) is 5. The lowest BCUT2D eigenvalue weighted by molar-refractivity contribution is 0.201. The molecule has 1 saturated heterocycles. The van der Waals surface area contributed by atoms with E-state index in [4.69, 9.17) is 0 Å². The molecule has 4 rings (SSSR count). The lowest BCUT2D eigenvalue weighted by atomic mass is 9.95. The smallest absolute Gasteiger partial charge is 0.185 e. The summed E-state index contributed by atoms with van der Waals surface area (Å²) in [5, 5.41) is 22.3. The van der Waals surface area contributed by atoms with Crippen LogP contribution in [-0.4, -0.2) is 43.6 Å². The quantitative estimate of drug-likeness (QED) is 0.800. The van der Waals surface area contributed by atoms with Crippen LogP contribution in [0.1, 0.15) is 13.3 Å². The van der Waals surface area contributed by atoms with Gasteiger partial charge in [-0.05, 0) is 49.7 Å². The normalized spacial score (nSPS) is 20.7. The standard InChI is InChI=1S/C16H16FN5O/c1-10-8-13(9-23)21(10)15-7-6-14-18-19-16(22(14)20-15)11-2-4-12(17)5-3-11/h2-7,10,13,23H,8-9H2,1H3. The van der Waals surface area contributed by atoms with Gasteiger partial charge in [-0.15, -0.1) is 15.3 Å².